The first-order valence-electron chi connectivity index (χ1n) is 5.51. The van der Waals surface area contributed by atoms with Gasteiger partial charge in [0.15, 0.2) is 0 Å². The molecule has 3 N–H and O–H groups in total. The average molecular weight is 248 g/mol. The van der Waals surface area contributed by atoms with Crippen LogP contribution in [-0.2, 0) is 7.05 Å². The Bertz CT molecular complexity index is 565. The Morgan fingerprint density at radius 3 is 2.83 bits per heavy atom. The van der Waals surface area contributed by atoms with Crippen LogP contribution in [0.2, 0.25) is 0 Å². The van der Waals surface area contributed by atoms with Crippen LogP contribution in [-0.4, -0.2) is 27.0 Å². The van der Waals surface area contributed by atoms with E-state index < -0.39 is 6.10 Å². The number of methoxy groups -OCH3 is 1. The van der Waals surface area contributed by atoms with E-state index in [9.17, 15) is 5.11 Å². The van der Waals surface area contributed by atoms with Crippen LogP contribution in [0.3, 0.4) is 0 Å². The standard InChI is InChI=1S/C12H16N4O2/c1-7-10(12(18-3)16(2)15-7)11(17)8-6-14-5-4-9(8)13/h4-6,11,17H,1-3H3,(H2,13,14). The lowest BCUT2D eigenvalue weighted by molar-refractivity contribution is 0.213. The van der Waals surface area contributed by atoms with E-state index in [0.717, 1.165) is 0 Å². The fourth-order valence-electron chi connectivity index (χ4n) is 2.01. The number of hydrogen-bond donors (Lipinski definition) is 2. The van der Waals surface area contributed by atoms with Crippen LogP contribution in [0.4, 0.5) is 5.69 Å². The first kappa shape index (κ1) is 12.4. The lowest BCUT2D eigenvalue weighted by Crippen LogP contribution is -2.06. The van der Waals surface area contributed by atoms with E-state index in [-0.39, 0.29) is 0 Å². The van der Waals surface area contributed by atoms with Crippen molar-refractivity contribution in [1.29, 1.82) is 0 Å². The number of aryl methyl sites for hydroxylation is 2. The maximum Gasteiger partial charge on any atom is 0.217 e. The van der Waals surface area contributed by atoms with Gasteiger partial charge in [-0.25, -0.2) is 4.68 Å². The minimum Gasteiger partial charge on any atom is -0.481 e. The number of hydrogen-bond acceptors (Lipinski definition) is 5. The van der Waals surface area contributed by atoms with Gasteiger partial charge >= 0.3 is 0 Å². The van der Waals surface area contributed by atoms with Gasteiger partial charge < -0.3 is 15.6 Å². The Hall–Kier alpha value is -2.08. The smallest absolute Gasteiger partial charge is 0.217 e. The Balaban J connectivity index is 2.53. The number of aliphatic hydroxyl groups is 1. The van der Waals surface area contributed by atoms with Gasteiger partial charge in [-0.2, -0.15) is 5.10 Å². The number of nitrogens with two attached hydrogens (primary N) is 1. The number of rotatable bonds is 3. The van der Waals surface area contributed by atoms with Gasteiger partial charge in [0.1, 0.15) is 6.10 Å². The number of aliphatic hydroxyl groups excluding tert-OH is 1. The topological polar surface area (TPSA) is 86.2 Å². The van der Waals surface area contributed by atoms with Crippen molar-refractivity contribution in [1.82, 2.24) is 14.8 Å². The molecule has 0 aliphatic heterocycles. The largest absolute Gasteiger partial charge is 0.481 e. The molecule has 0 aliphatic rings. The average Bonchev–Trinajstić information content (AvgIpc) is 2.63. The molecule has 0 bridgehead atoms. The van der Waals surface area contributed by atoms with Crippen LogP contribution >= 0.6 is 0 Å². The van der Waals surface area contributed by atoms with Crippen LogP contribution in [0.15, 0.2) is 18.5 Å². The predicted octanol–water partition coefficient (Wildman–Crippen LogP) is 0.796. The van der Waals surface area contributed by atoms with E-state index in [2.05, 4.69) is 10.1 Å². The Labute approximate surface area is 105 Å². The summed E-state index contributed by atoms with van der Waals surface area (Å²) < 4.78 is 6.84. The van der Waals surface area contributed by atoms with Crippen LogP contribution < -0.4 is 10.5 Å². The number of nitrogen functional groups attached to an aromatic ring is 1. The number of aromatic nitrogens is 3. The molecule has 18 heavy (non-hydrogen) atoms. The molecule has 2 aromatic rings. The van der Waals surface area contributed by atoms with Gasteiger partial charge in [-0.1, -0.05) is 0 Å². The summed E-state index contributed by atoms with van der Waals surface area (Å²) in [5.41, 5.74) is 8.19. The van der Waals surface area contributed by atoms with E-state index >= 15 is 0 Å². The molecule has 2 heterocycles. The minimum absolute atomic E-state index is 0.489. The van der Waals surface area contributed by atoms with Crippen molar-refractivity contribution in [3.63, 3.8) is 0 Å². The zero-order valence-corrected chi connectivity index (χ0v) is 10.6. The number of pyridine rings is 1. The second-order valence-electron chi connectivity index (χ2n) is 4.04. The third-order valence-corrected chi connectivity index (χ3v) is 2.86. The second-order valence-corrected chi connectivity index (χ2v) is 4.04. The monoisotopic (exact) mass is 248 g/mol. The molecule has 2 rings (SSSR count). The number of ether oxygens (including phenoxy) is 1. The van der Waals surface area contributed by atoms with Crippen molar-refractivity contribution in [2.45, 2.75) is 13.0 Å². The highest BCUT2D eigenvalue weighted by Crippen LogP contribution is 2.33. The van der Waals surface area contributed by atoms with Crippen molar-refractivity contribution in [2.24, 2.45) is 7.05 Å². The minimum atomic E-state index is -0.901. The van der Waals surface area contributed by atoms with Gasteiger partial charge in [0.2, 0.25) is 5.88 Å². The Kier molecular flexibility index (Phi) is 3.20. The van der Waals surface area contributed by atoms with E-state index in [4.69, 9.17) is 10.5 Å². The van der Waals surface area contributed by atoms with Crippen LogP contribution in [0.1, 0.15) is 22.9 Å². The third kappa shape index (κ3) is 1.91. The van der Waals surface area contributed by atoms with E-state index in [1.54, 1.807) is 37.3 Å². The summed E-state index contributed by atoms with van der Waals surface area (Å²) >= 11 is 0. The van der Waals surface area contributed by atoms with E-state index in [0.29, 0.717) is 28.4 Å². The molecule has 0 aliphatic carbocycles. The molecule has 6 heteroatoms. The van der Waals surface area contributed by atoms with Crippen molar-refractivity contribution >= 4 is 5.69 Å². The summed E-state index contributed by atoms with van der Waals surface area (Å²) in [6, 6.07) is 1.65. The van der Waals surface area contributed by atoms with E-state index in [1.807, 2.05) is 6.92 Å². The van der Waals surface area contributed by atoms with Gasteiger partial charge in [0, 0.05) is 30.7 Å². The highest BCUT2D eigenvalue weighted by Gasteiger charge is 2.24. The Morgan fingerprint density at radius 1 is 1.50 bits per heavy atom. The van der Waals surface area contributed by atoms with Crippen molar-refractivity contribution in [3.8, 4) is 5.88 Å². The quantitative estimate of drug-likeness (QED) is 0.839. The molecule has 0 radical (unpaired) electrons. The lowest BCUT2D eigenvalue weighted by Gasteiger charge is -2.14. The summed E-state index contributed by atoms with van der Waals surface area (Å²) in [6.45, 7) is 1.81. The van der Waals surface area contributed by atoms with Gasteiger partial charge in [-0.05, 0) is 13.0 Å². The summed E-state index contributed by atoms with van der Waals surface area (Å²) in [5, 5.41) is 14.7. The predicted molar refractivity (Wildman–Crippen MR) is 67.2 cm³/mol. The molecule has 0 saturated carbocycles. The van der Waals surface area contributed by atoms with Crippen LogP contribution in [0.5, 0.6) is 5.88 Å². The molecule has 96 valence electrons. The highest BCUT2D eigenvalue weighted by molar-refractivity contribution is 5.51. The van der Waals surface area contributed by atoms with Crippen LogP contribution in [0.25, 0.3) is 0 Å². The molecule has 6 nitrogen and oxygen atoms in total. The van der Waals surface area contributed by atoms with Gasteiger partial charge in [0.05, 0.1) is 18.4 Å². The SMILES string of the molecule is COc1c(C(O)c2cnccc2N)c(C)nn1C. The fourth-order valence-corrected chi connectivity index (χ4v) is 2.01. The second kappa shape index (κ2) is 4.66. The maximum atomic E-state index is 10.4. The number of anilines is 1. The van der Waals surface area contributed by atoms with Gasteiger partial charge in [-0.15, -0.1) is 0 Å². The lowest BCUT2D eigenvalue weighted by atomic mass is 10.0. The molecule has 0 amide bonds. The molecule has 1 unspecified atom stereocenters. The summed E-state index contributed by atoms with van der Waals surface area (Å²) in [4.78, 5) is 3.98. The zero-order valence-electron chi connectivity index (χ0n) is 10.6. The van der Waals surface area contributed by atoms with Crippen LogP contribution in [0, 0.1) is 6.92 Å². The molecule has 0 fully saturated rings. The molecular formula is C12H16N4O2. The number of nitrogens with zero attached hydrogens (tertiary/aromatic N) is 3. The molecule has 0 spiro atoms. The highest BCUT2D eigenvalue weighted by atomic mass is 16.5. The fraction of sp³-hybridized carbons (Fsp3) is 0.333. The molecular weight excluding hydrogens is 232 g/mol. The summed E-state index contributed by atoms with van der Waals surface area (Å²) in [6.07, 6.45) is 2.23. The normalized spacial score (nSPS) is 12.4. The Morgan fingerprint density at radius 2 is 2.22 bits per heavy atom. The first-order chi connectivity index (χ1) is 8.56. The first-order valence-corrected chi connectivity index (χ1v) is 5.51. The molecule has 1 atom stereocenters. The summed E-state index contributed by atoms with van der Waals surface area (Å²) in [7, 11) is 3.30. The van der Waals surface area contributed by atoms with Gasteiger partial charge in [0.25, 0.3) is 0 Å². The maximum absolute atomic E-state index is 10.4. The summed E-state index contributed by atoms with van der Waals surface area (Å²) in [5.74, 6) is 0.517. The van der Waals surface area contributed by atoms with Gasteiger partial charge in [-0.3, -0.25) is 4.98 Å². The van der Waals surface area contributed by atoms with Crippen molar-refractivity contribution in [3.05, 3.63) is 35.3 Å². The third-order valence-electron chi connectivity index (χ3n) is 2.86. The van der Waals surface area contributed by atoms with E-state index in [1.165, 1.54) is 0 Å². The molecule has 2 aromatic heterocycles. The molecule has 0 saturated heterocycles. The zero-order chi connectivity index (χ0) is 13.3. The van der Waals surface area contributed by atoms with Crippen molar-refractivity contribution < 1.29 is 9.84 Å². The van der Waals surface area contributed by atoms with Crippen molar-refractivity contribution in [2.75, 3.05) is 12.8 Å². The molecule has 0 aromatic carbocycles.